The molecule has 0 saturated carbocycles. The van der Waals surface area contributed by atoms with E-state index in [-0.39, 0.29) is 11.9 Å². The normalized spacial score (nSPS) is 12.5. The Morgan fingerprint density at radius 1 is 1.20 bits per heavy atom. The third kappa shape index (κ3) is 4.06. The first-order valence-corrected chi connectivity index (χ1v) is 8.48. The lowest BCUT2D eigenvalue weighted by Crippen LogP contribution is -2.41. The monoisotopic (exact) mass is 336 g/mol. The molecule has 0 bridgehead atoms. The molecule has 0 aliphatic heterocycles. The van der Waals surface area contributed by atoms with E-state index in [0.717, 1.165) is 22.9 Å². The minimum absolute atomic E-state index is 0.142. The summed E-state index contributed by atoms with van der Waals surface area (Å²) in [5.74, 6) is -0.142. The number of aromatic nitrogens is 2. The van der Waals surface area contributed by atoms with Crippen LogP contribution in [0.3, 0.4) is 0 Å². The van der Waals surface area contributed by atoms with Gasteiger partial charge >= 0.3 is 0 Å². The zero-order valence-electron chi connectivity index (χ0n) is 14.9. The number of aromatic amines is 1. The maximum absolute atomic E-state index is 12.6. The van der Waals surface area contributed by atoms with Gasteiger partial charge in [0.2, 0.25) is 0 Å². The van der Waals surface area contributed by atoms with Crippen LogP contribution in [0.4, 0.5) is 0 Å². The number of amides is 1. The first-order chi connectivity index (χ1) is 12.0. The van der Waals surface area contributed by atoms with Crippen molar-refractivity contribution in [3.8, 4) is 0 Å². The zero-order valence-corrected chi connectivity index (χ0v) is 14.9. The molecule has 25 heavy (non-hydrogen) atoms. The van der Waals surface area contributed by atoms with Crippen molar-refractivity contribution in [3.05, 3.63) is 65.4 Å². The van der Waals surface area contributed by atoms with Gasteiger partial charge in [-0.3, -0.25) is 9.89 Å². The molecule has 1 unspecified atom stereocenters. The number of carbonyl (C=O) groups excluding carboxylic acids is 1. The van der Waals surface area contributed by atoms with Gasteiger partial charge in [-0.25, -0.2) is 0 Å². The molecule has 130 valence electrons. The lowest BCUT2D eigenvalue weighted by Gasteiger charge is -2.24. The number of fused-ring (bicyclic) bond motifs is 1. The number of nitrogens with zero attached hydrogens (tertiary/aromatic N) is 2. The van der Waals surface area contributed by atoms with Crippen molar-refractivity contribution in [2.45, 2.75) is 19.4 Å². The van der Waals surface area contributed by atoms with E-state index < -0.39 is 0 Å². The molecule has 2 aromatic carbocycles. The largest absolute Gasteiger partial charge is 0.349 e. The molecule has 5 heteroatoms. The maximum Gasteiger partial charge on any atom is 0.272 e. The molecule has 0 fully saturated rings. The Kier molecular flexibility index (Phi) is 5.14. The predicted molar refractivity (Wildman–Crippen MR) is 101 cm³/mol. The van der Waals surface area contributed by atoms with Crippen LogP contribution in [-0.4, -0.2) is 47.7 Å². The lowest BCUT2D eigenvalue weighted by molar-refractivity contribution is 0.0938. The van der Waals surface area contributed by atoms with Crippen molar-refractivity contribution in [2.75, 3.05) is 20.6 Å². The number of likely N-dealkylation sites (N-methyl/N-ethyl adjacent to an activating group) is 1. The van der Waals surface area contributed by atoms with Crippen LogP contribution >= 0.6 is 0 Å². The summed E-state index contributed by atoms with van der Waals surface area (Å²) in [4.78, 5) is 14.7. The number of carbonyl (C=O) groups is 1. The molecule has 5 nitrogen and oxygen atoms in total. The maximum atomic E-state index is 12.6. The van der Waals surface area contributed by atoms with Crippen molar-refractivity contribution < 1.29 is 4.79 Å². The van der Waals surface area contributed by atoms with E-state index in [9.17, 15) is 4.79 Å². The molecule has 1 atom stereocenters. The van der Waals surface area contributed by atoms with Gasteiger partial charge in [-0.15, -0.1) is 0 Å². The van der Waals surface area contributed by atoms with Gasteiger partial charge in [0.05, 0.1) is 5.52 Å². The highest BCUT2D eigenvalue weighted by Crippen LogP contribution is 2.17. The fraction of sp³-hybridized carbons (Fsp3) is 0.300. The van der Waals surface area contributed by atoms with Crippen LogP contribution in [0, 0.1) is 6.92 Å². The second-order valence-corrected chi connectivity index (χ2v) is 6.64. The number of rotatable bonds is 6. The van der Waals surface area contributed by atoms with Gasteiger partial charge in [0.15, 0.2) is 5.69 Å². The standard InChI is InChI=1S/C20H24N4O/c1-14-9-10-18-17(11-14)19(23-22-18)20(25)21-13-16(24(2)3)12-15-7-5-4-6-8-15/h4-11,16H,12-13H2,1-3H3,(H,21,25)(H,22,23). The summed E-state index contributed by atoms with van der Waals surface area (Å²) in [5, 5.41) is 11.0. The predicted octanol–water partition coefficient (Wildman–Crippen LogP) is 2.77. The summed E-state index contributed by atoms with van der Waals surface area (Å²) in [6, 6.07) is 16.5. The van der Waals surface area contributed by atoms with E-state index >= 15 is 0 Å². The van der Waals surface area contributed by atoms with Gasteiger partial charge in [-0.1, -0.05) is 42.0 Å². The third-order valence-electron chi connectivity index (χ3n) is 4.48. The summed E-state index contributed by atoms with van der Waals surface area (Å²) in [7, 11) is 4.07. The van der Waals surface area contributed by atoms with Crippen molar-refractivity contribution in [1.29, 1.82) is 0 Å². The van der Waals surface area contributed by atoms with E-state index in [0.29, 0.717) is 12.2 Å². The number of nitrogens with one attached hydrogen (secondary N) is 2. The zero-order chi connectivity index (χ0) is 17.8. The molecule has 1 aromatic heterocycles. The average molecular weight is 336 g/mol. The molecular formula is C20H24N4O. The minimum atomic E-state index is -0.142. The van der Waals surface area contributed by atoms with Crippen LogP contribution in [0.5, 0.6) is 0 Å². The number of hydrogen-bond acceptors (Lipinski definition) is 3. The second-order valence-electron chi connectivity index (χ2n) is 6.64. The van der Waals surface area contributed by atoms with Crippen molar-refractivity contribution in [3.63, 3.8) is 0 Å². The summed E-state index contributed by atoms with van der Waals surface area (Å²) >= 11 is 0. The van der Waals surface area contributed by atoms with Gasteiger partial charge in [0.25, 0.3) is 5.91 Å². The Morgan fingerprint density at radius 2 is 1.96 bits per heavy atom. The number of hydrogen-bond donors (Lipinski definition) is 2. The van der Waals surface area contributed by atoms with Crippen LogP contribution in [0.25, 0.3) is 10.9 Å². The van der Waals surface area contributed by atoms with Crippen LogP contribution in [0.15, 0.2) is 48.5 Å². The Bertz CT molecular complexity index is 855. The van der Waals surface area contributed by atoms with Crippen LogP contribution < -0.4 is 5.32 Å². The summed E-state index contributed by atoms with van der Waals surface area (Å²) in [6.07, 6.45) is 0.883. The Labute approximate surface area is 148 Å². The van der Waals surface area contributed by atoms with Crippen molar-refractivity contribution in [2.24, 2.45) is 0 Å². The molecule has 2 N–H and O–H groups in total. The average Bonchev–Trinajstić information content (AvgIpc) is 3.02. The second kappa shape index (κ2) is 7.49. The molecule has 0 aliphatic rings. The van der Waals surface area contributed by atoms with E-state index in [1.165, 1.54) is 5.56 Å². The lowest BCUT2D eigenvalue weighted by atomic mass is 10.1. The molecule has 1 amide bonds. The molecule has 3 aromatic rings. The molecule has 3 rings (SSSR count). The highest BCUT2D eigenvalue weighted by Gasteiger charge is 2.17. The van der Waals surface area contributed by atoms with Gasteiger partial charge in [-0.2, -0.15) is 5.10 Å². The molecule has 0 aliphatic carbocycles. The van der Waals surface area contributed by atoms with Gasteiger partial charge in [0.1, 0.15) is 0 Å². The SMILES string of the molecule is Cc1ccc2[nH]nc(C(=O)NCC(Cc3ccccc3)N(C)C)c2c1. The molecule has 0 radical (unpaired) electrons. The van der Waals surface area contributed by atoms with E-state index in [4.69, 9.17) is 0 Å². The summed E-state index contributed by atoms with van der Waals surface area (Å²) in [5.41, 5.74) is 3.70. The Hall–Kier alpha value is -2.66. The van der Waals surface area contributed by atoms with E-state index in [1.54, 1.807) is 0 Å². The van der Waals surface area contributed by atoms with Gasteiger partial charge in [-0.05, 0) is 45.1 Å². The molecule has 1 heterocycles. The highest BCUT2D eigenvalue weighted by atomic mass is 16.1. The molecule has 0 spiro atoms. The third-order valence-corrected chi connectivity index (χ3v) is 4.48. The summed E-state index contributed by atoms with van der Waals surface area (Å²) in [6.45, 7) is 2.58. The molecular weight excluding hydrogens is 312 g/mol. The van der Waals surface area contributed by atoms with Crippen LogP contribution in [-0.2, 0) is 6.42 Å². The fourth-order valence-corrected chi connectivity index (χ4v) is 2.92. The van der Waals surface area contributed by atoms with Crippen LogP contribution in [0.1, 0.15) is 21.6 Å². The first-order valence-electron chi connectivity index (χ1n) is 8.48. The number of H-pyrrole nitrogens is 1. The number of benzene rings is 2. The Balaban J connectivity index is 1.69. The quantitative estimate of drug-likeness (QED) is 0.728. The van der Waals surface area contributed by atoms with Gasteiger partial charge < -0.3 is 10.2 Å². The smallest absolute Gasteiger partial charge is 0.272 e. The van der Waals surface area contributed by atoms with Crippen molar-refractivity contribution in [1.82, 2.24) is 20.4 Å². The Morgan fingerprint density at radius 3 is 2.68 bits per heavy atom. The van der Waals surface area contributed by atoms with Crippen molar-refractivity contribution >= 4 is 16.8 Å². The first kappa shape index (κ1) is 17.2. The van der Waals surface area contributed by atoms with Crippen LogP contribution in [0.2, 0.25) is 0 Å². The van der Waals surface area contributed by atoms with Gasteiger partial charge in [0, 0.05) is 18.0 Å². The fourth-order valence-electron chi connectivity index (χ4n) is 2.92. The molecule has 0 saturated heterocycles. The minimum Gasteiger partial charge on any atom is -0.349 e. The highest BCUT2D eigenvalue weighted by molar-refractivity contribution is 6.04. The number of aryl methyl sites for hydroxylation is 1. The summed E-state index contributed by atoms with van der Waals surface area (Å²) < 4.78 is 0. The van der Waals surface area contributed by atoms with E-state index in [1.807, 2.05) is 57.4 Å². The topological polar surface area (TPSA) is 61.0 Å². The van der Waals surface area contributed by atoms with E-state index in [2.05, 4.69) is 32.5 Å².